The van der Waals surface area contributed by atoms with Gasteiger partial charge in [-0.3, -0.25) is 4.79 Å². The van der Waals surface area contributed by atoms with Gasteiger partial charge < -0.3 is 9.80 Å². The van der Waals surface area contributed by atoms with Gasteiger partial charge in [-0.25, -0.2) is 18.4 Å². The Balaban J connectivity index is 1.64. The van der Waals surface area contributed by atoms with Crippen molar-refractivity contribution in [2.45, 2.75) is 25.3 Å². The lowest BCUT2D eigenvalue weighted by molar-refractivity contribution is -0.136. The second kappa shape index (κ2) is 7.02. The molecule has 0 unspecified atom stereocenters. The number of sulfonamides is 1. The number of aromatic nitrogens is 2. The number of anilines is 1. The van der Waals surface area contributed by atoms with Crippen LogP contribution in [-0.2, 0) is 14.8 Å². The zero-order valence-electron chi connectivity index (χ0n) is 13.8. The Hall–Kier alpha value is -1.74. The van der Waals surface area contributed by atoms with Crippen molar-refractivity contribution in [3.63, 3.8) is 0 Å². The topological polar surface area (TPSA) is 86.7 Å². The van der Waals surface area contributed by atoms with E-state index in [2.05, 4.69) is 9.97 Å². The summed E-state index contributed by atoms with van der Waals surface area (Å²) in [6.07, 6.45) is 6.89. The lowest BCUT2D eigenvalue weighted by Gasteiger charge is -2.39. The van der Waals surface area contributed by atoms with E-state index < -0.39 is 16.1 Å². The van der Waals surface area contributed by atoms with E-state index in [0.717, 1.165) is 12.8 Å². The predicted molar refractivity (Wildman–Crippen MR) is 90.0 cm³/mol. The molecule has 0 aromatic carbocycles. The normalized spacial score (nSPS) is 23.3. The van der Waals surface area contributed by atoms with Gasteiger partial charge in [-0.1, -0.05) is 6.42 Å². The van der Waals surface area contributed by atoms with E-state index in [0.29, 0.717) is 45.1 Å². The fourth-order valence-corrected chi connectivity index (χ4v) is 4.46. The number of hydrogen-bond acceptors (Lipinski definition) is 6. The molecule has 24 heavy (non-hydrogen) atoms. The molecule has 2 fully saturated rings. The Morgan fingerprint density at radius 3 is 2.38 bits per heavy atom. The lowest BCUT2D eigenvalue weighted by atomic mass is 10.0. The molecule has 1 amide bonds. The molecule has 1 aromatic rings. The Labute approximate surface area is 142 Å². The van der Waals surface area contributed by atoms with Crippen molar-refractivity contribution in [3.05, 3.63) is 18.5 Å². The highest BCUT2D eigenvalue weighted by molar-refractivity contribution is 7.88. The van der Waals surface area contributed by atoms with E-state index in [1.54, 1.807) is 23.4 Å². The zero-order valence-corrected chi connectivity index (χ0v) is 14.7. The number of amides is 1. The summed E-state index contributed by atoms with van der Waals surface area (Å²) in [6, 6.07) is 1.22. The average Bonchev–Trinajstić information content (AvgIpc) is 2.61. The molecule has 8 nitrogen and oxygen atoms in total. The van der Waals surface area contributed by atoms with E-state index in [4.69, 9.17) is 0 Å². The Morgan fingerprint density at radius 2 is 1.75 bits per heavy atom. The SMILES string of the molecule is CS(=O)(=O)N1CCCC[C@@H]1C(=O)N1CCN(c2ncccn2)CC1. The first-order valence-corrected chi connectivity index (χ1v) is 10.1. The van der Waals surface area contributed by atoms with Crippen molar-refractivity contribution in [1.82, 2.24) is 19.2 Å². The van der Waals surface area contributed by atoms with Crippen LogP contribution in [0.15, 0.2) is 18.5 Å². The molecule has 9 heteroatoms. The highest BCUT2D eigenvalue weighted by Gasteiger charge is 2.37. The summed E-state index contributed by atoms with van der Waals surface area (Å²) in [5, 5.41) is 0. The molecule has 3 heterocycles. The molecule has 1 atom stereocenters. The molecule has 2 aliphatic rings. The minimum Gasteiger partial charge on any atom is -0.338 e. The lowest BCUT2D eigenvalue weighted by Crippen LogP contribution is -2.57. The van der Waals surface area contributed by atoms with Gasteiger partial charge in [-0.05, 0) is 18.9 Å². The third-order valence-corrected chi connectivity index (χ3v) is 5.88. The van der Waals surface area contributed by atoms with Crippen LogP contribution in [-0.4, -0.2) is 78.5 Å². The monoisotopic (exact) mass is 353 g/mol. The fourth-order valence-electron chi connectivity index (χ4n) is 3.34. The minimum atomic E-state index is -3.36. The molecule has 3 rings (SSSR count). The molecule has 2 aliphatic heterocycles. The highest BCUT2D eigenvalue weighted by Crippen LogP contribution is 2.22. The number of carbonyl (C=O) groups excluding carboxylic acids is 1. The summed E-state index contributed by atoms with van der Waals surface area (Å²) < 4.78 is 25.3. The Morgan fingerprint density at radius 1 is 1.08 bits per heavy atom. The Kier molecular flexibility index (Phi) is 5.00. The van der Waals surface area contributed by atoms with E-state index in [1.165, 1.54) is 10.6 Å². The minimum absolute atomic E-state index is 0.0752. The summed E-state index contributed by atoms with van der Waals surface area (Å²) in [5.41, 5.74) is 0. The van der Waals surface area contributed by atoms with Crippen LogP contribution in [0.4, 0.5) is 5.95 Å². The average molecular weight is 353 g/mol. The van der Waals surface area contributed by atoms with E-state index in [9.17, 15) is 13.2 Å². The molecule has 0 bridgehead atoms. The van der Waals surface area contributed by atoms with Gasteiger partial charge in [0.05, 0.1) is 6.26 Å². The van der Waals surface area contributed by atoms with Gasteiger partial charge >= 0.3 is 0 Å². The molecular weight excluding hydrogens is 330 g/mol. The number of nitrogens with zero attached hydrogens (tertiary/aromatic N) is 5. The number of piperazine rings is 1. The predicted octanol–water partition coefficient (Wildman–Crippen LogP) is -0.0607. The van der Waals surface area contributed by atoms with Crippen LogP contribution < -0.4 is 4.90 Å². The van der Waals surface area contributed by atoms with Gasteiger partial charge in [0.1, 0.15) is 6.04 Å². The van der Waals surface area contributed by atoms with Crippen molar-refractivity contribution in [3.8, 4) is 0 Å². The summed E-state index contributed by atoms with van der Waals surface area (Å²) in [7, 11) is -3.36. The number of piperidine rings is 1. The van der Waals surface area contributed by atoms with Gasteiger partial charge in [0.25, 0.3) is 0 Å². The van der Waals surface area contributed by atoms with Crippen LogP contribution in [0.3, 0.4) is 0 Å². The smallest absolute Gasteiger partial charge is 0.241 e. The molecule has 0 spiro atoms. The first kappa shape index (κ1) is 17.1. The van der Waals surface area contributed by atoms with Crippen LogP contribution in [0.5, 0.6) is 0 Å². The molecule has 0 aliphatic carbocycles. The number of hydrogen-bond donors (Lipinski definition) is 0. The number of carbonyl (C=O) groups is 1. The van der Waals surface area contributed by atoms with Crippen LogP contribution in [0.25, 0.3) is 0 Å². The first-order chi connectivity index (χ1) is 11.5. The maximum absolute atomic E-state index is 12.8. The number of rotatable bonds is 3. The molecule has 132 valence electrons. The quantitative estimate of drug-likeness (QED) is 0.757. The molecule has 0 radical (unpaired) electrons. The van der Waals surface area contributed by atoms with Gasteiger partial charge in [0, 0.05) is 45.1 Å². The second-order valence-corrected chi connectivity index (χ2v) is 8.18. The van der Waals surface area contributed by atoms with Gasteiger partial charge in [0.15, 0.2) is 0 Å². The second-order valence-electron chi connectivity index (χ2n) is 6.25. The zero-order chi connectivity index (χ0) is 17.2. The fraction of sp³-hybridized carbons (Fsp3) is 0.667. The summed E-state index contributed by atoms with van der Waals surface area (Å²) in [4.78, 5) is 25.1. The molecule has 2 saturated heterocycles. The third kappa shape index (κ3) is 3.67. The molecular formula is C15H23N5O3S. The van der Waals surface area contributed by atoms with Crippen LogP contribution in [0.2, 0.25) is 0 Å². The molecule has 1 aromatic heterocycles. The van der Waals surface area contributed by atoms with Gasteiger partial charge in [-0.15, -0.1) is 0 Å². The summed E-state index contributed by atoms with van der Waals surface area (Å²) in [5.74, 6) is 0.591. The van der Waals surface area contributed by atoms with Gasteiger partial charge in [-0.2, -0.15) is 4.31 Å². The van der Waals surface area contributed by atoms with Crippen LogP contribution >= 0.6 is 0 Å². The van der Waals surface area contributed by atoms with Crippen molar-refractivity contribution in [2.24, 2.45) is 0 Å². The maximum atomic E-state index is 12.8. The van der Waals surface area contributed by atoms with Crippen molar-refractivity contribution >= 4 is 21.9 Å². The van der Waals surface area contributed by atoms with E-state index in [-0.39, 0.29) is 5.91 Å². The standard InChI is InChI=1S/C15H23N5O3S/c1-24(22,23)20-8-3-2-5-13(20)14(21)18-9-11-19(12-10-18)15-16-6-4-7-17-15/h4,6-7,13H,2-3,5,8-12H2,1H3/t13-/m1/s1. The highest BCUT2D eigenvalue weighted by atomic mass is 32.2. The van der Waals surface area contributed by atoms with Crippen LogP contribution in [0, 0.1) is 0 Å². The van der Waals surface area contributed by atoms with Crippen molar-refractivity contribution < 1.29 is 13.2 Å². The first-order valence-electron chi connectivity index (χ1n) is 8.24. The third-order valence-electron chi connectivity index (χ3n) is 4.59. The molecule has 0 saturated carbocycles. The maximum Gasteiger partial charge on any atom is 0.241 e. The van der Waals surface area contributed by atoms with Crippen molar-refractivity contribution in [1.29, 1.82) is 0 Å². The Bertz CT molecular complexity index is 674. The summed E-state index contributed by atoms with van der Waals surface area (Å²) in [6.45, 7) is 2.87. The summed E-state index contributed by atoms with van der Waals surface area (Å²) >= 11 is 0. The van der Waals surface area contributed by atoms with E-state index >= 15 is 0 Å². The van der Waals surface area contributed by atoms with Crippen LogP contribution in [0.1, 0.15) is 19.3 Å². The molecule has 0 N–H and O–H groups in total. The largest absolute Gasteiger partial charge is 0.338 e. The van der Waals surface area contributed by atoms with Gasteiger partial charge in [0.2, 0.25) is 21.9 Å². The van der Waals surface area contributed by atoms with Crippen molar-refractivity contribution in [2.75, 3.05) is 43.9 Å². The van der Waals surface area contributed by atoms with E-state index in [1.807, 2.05) is 4.90 Å².